The third-order valence-corrected chi connectivity index (χ3v) is 1.65. The molecule has 0 aromatic rings. The zero-order valence-corrected chi connectivity index (χ0v) is 7.01. The van der Waals surface area contributed by atoms with E-state index in [1.807, 2.05) is 0 Å². The number of nitrogens with zero attached hydrogens (tertiary/aromatic N) is 1. The van der Waals surface area contributed by atoms with Gasteiger partial charge in [-0.1, -0.05) is 0 Å². The van der Waals surface area contributed by atoms with Crippen molar-refractivity contribution in [2.45, 2.75) is 0 Å². The van der Waals surface area contributed by atoms with Crippen LogP contribution in [0.25, 0.3) is 0 Å². The first-order chi connectivity index (χ1) is 5.43. The van der Waals surface area contributed by atoms with Gasteiger partial charge in [-0.05, 0) is 0 Å². The summed E-state index contributed by atoms with van der Waals surface area (Å²) in [6.07, 6.45) is 0. The van der Waals surface area contributed by atoms with Crippen LogP contribution in [0.2, 0.25) is 0 Å². The average Bonchev–Trinajstić information content (AvgIpc) is 2.07. The second-order valence-corrected chi connectivity index (χ2v) is 2.50. The van der Waals surface area contributed by atoms with Gasteiger partial charge in [-0.2, -0.15) is 0 Å². The highest BCUT2D eigenvalue weighted by Crippen LogP contribution is 1.91. The molecule has 1 rings (SSSR count). The maximum atomic E-state index is 5.19. The van der Waals surface area contributed by atoms with Gasteiger partial charge in [0.2, 0.25) is 0 Å². The standard InChI is InChI=1S/C7H16N2O2/c1-10-5-2-8-9-3-6-11-7-4-9/h8H,2-7H2,1H3. The second kappa shape index (κ2) is 5.49. The Morgan fingerprint density at radius 3 is 2.82 bits per heavy atom. The van der Waals surface area contributed by atoms with E-state index in [1.54, 1.807) is 7.11 Å². The van der Waals surface area contributed by atoms with Crippen LogP contribution in [0.5, 0.6) is 0 Å². The minimum absolute atomic E-state index is 0.761. The van der Waals surface area contributed by atoms with Gasteiger partial charge in [-0.25, -0.2) is 5.01 Å². The first kappa shape index (κ1) is 8.93. The number of rotatable bonds is 4. The monoisotopic (exact) mass is 160 g/mol. The van der Waals surface area contributed by atoms with E-state index in [0.29, 0.717) is 0 Å². The van der Waals surface area contributed by atoms with Crippen LogP contribution in [-0.2, 0) is 9.47 Å². The third kappa shape index (κ3) is 3.67. The Morgan fingerprint density at radius 2 is 2.18 bits per heavy atom. The molecule has 11 heavy (non-hydrogen) atoms. The molecule has 1 aliphatic heterocycles. The predicted octanol–water partition coefficient (Wildman–Crippen LogP) is -0.530. The molecule has 1 N–H and O–H groups in total. The van der Waals surface area contributed by atoms with E-state index < -0.39 is 0 Å². The molecule has 0 bridgehead atoms. The molecule has 1 aliphatic rings. The van der Waals surface area contributed by atoms with Crippen molar-refractivity contribution in [2.75, 3.05) is 46.6 Å². The first-order valence-corrected chi connectivity index (χ1v) is 3.98. The lowest BCUT2D eigenvalue weighted by Crippen LogP contribution is -2.46. The number of nitrogens with one attached hydrogen (secondary N) is 1. The van der Waals surface area contributed by atoms with Gasteiger partial charge in [-0.3, -0.25) is 5.43 Å². The molecular formula is C7H16N2O2. The van der Waals surface area contributed by atoms with Gasteiger partial charge in [0.15, 0.2) is 0 Å². The van der Waals surface area contributed by atoms with Gasteiger partial charge in [0.05, 0.1) is 19.8 Å². The Bertz CT molecular complexity index is 94.4. The topological polar surface area (TPSA) is 33.7 Å². The van der Waals surface area contributed by atoms with Gasteiger partial charge >= 0.3 is 0 Å². The molecule has 0 aliphatic carbocycles. The molecule has 1 heterocycles. The third-order valence-electron chi connectivity index (χ3n) is 1.65. The Kier molecular flexibility index (Phi) is 4.45. The van der Waals surface area contributed by atoms with Crippen molar-refractivity contribution in [3.8, 4) is 0 Å². The van der Waals surface area contributed by atoms with Crippen LogP contribution in [0.15, 0.2) is 0 Å². The van der Waals surface area contributed by atoms with E-state index >= 15 is 0 Å². The van der Waals surface area contributed by atoms with Crippen molar-refractivity contribution in [2.24, 2.45) is 0 Å². The Balaban J connectivity index is 1.96. The van der Waals surface area contributed by atoms with Crippen LogP contribution in [-0.4, -0.2) is 51.6 Å². The lowest BCUT2D eigenvalue weighted by molar-refractivity contribution is 0.00796. The zero-order chi connectivity index (χ0) is 7.94. The largest absolute Gasteiger partial charge is 0.383 e. The minimum atomic E-state index is 0.761. The molecule has 0 amide bonds. The van der Waals surface area contributed by atoms with E-state index in [9.17, 15) is 0 Å². The fraction of sp³-hybridized carbons (Fsp3) is 1.00. The molecule has 0 saturated carbocycles. The molecule has 0 spiro atoms. The molecule has 0 atom stereocenters. The Hall–Kier alpha value is -0.160. The number of morpholine rings is 1. The van der Waals surface area contributed by atoms with Crippen LogP contribution in [0, 0.1) is 0 Å². The van der Waals surface area contributed by atoms with E-state index in [2.05, 4.69) is 10.4 Å². The van der Waals surface area contributed by atoms with Crippen molar-refractivity contribution in [1.82, 2.24) is 10.4 Å². The van der Waals surface area contributed by atoms with Crippen LogP contribution in [0.3, 0.4) is 0 Å². The smallest absolute Gasteiger partial charge is 0.0608 e. The van der Waals surface area contributed by atoms with Crippen LogP contribution < -0.4 is 5.43 Å². The Labute approximate surface area is 67.4 Å². The van der Waals surface area contributed by atoms with E-state index in [4.69, 9.17) is 9.47 Å². The molecule has 1 fully saturated rings. The zero-order valence-electron chi connectivity index (χ0n) is 7.01. The maximum Gasteiger partial charge on any atom is 0.0608 e. The van der Waals surface area contributed by atoms with Gasteiger partial charge in [0.1, 0.15) is 0 Å². The van der Waals surface area contributed by atoms with Crippen molar-refractivity contribution in [1.29, 1.82) is 0 Å². The summed E-state index contributed by atoms with van der Waals surface area (Å²) < 4.78 is 10.1. The summed E-state index contributed by atoms with van der Waals surface area (Å²) in [6, 6.07) is 0. The highest BCUT2D eigenvalue weighted by molar-refractivity contribution is 4.56. The average molecular weight is 160 g/mol. The summed E-state index contributed by atoms with van der Waals surface area (Å²) in [5, 5.41) is 2.17. The van der Waals surface area contributed by atoms with Crippen molar-refractivity contribution >= 4 is 0 Å². The first-order valence-electron chi connectivity index (χ1n) is 3.98. The molecule has 0 aromatic carbocycles. The fourth-order valence-corrected chi connectivity index (χ4v) is 1.03. The predicted molar refractivity (Wildman–Crippen MR) is 42.3 cm³/mol. The summed E-state index contributed by atoms with van der Waals surface area (Å²) in [4.78, 5) is 0. The normalized spacial score (nSPS) is 20.5. The molecule has 4 nitrogen and oxygen atoms in total. The molecule has 0 aromatic heterocycles. The van der Waals surface area contributed by atoms with E-state index in [-0.39, 0.29) is 0 Å². The number of hydrogen-bond acceptors (Lipinski definition) is 4. The molecular weight excluding hydrogens is 144 g/mol. The molecule has 0 radical (unpaired) electrons. The summed E-state index contributed by atoms with van der Waals surface area (Å²) in [5.41, 5.74) is 3.25. The molecule has 0 unspecified atom stereocenters. The number of methoxy groups -OCH3 is 1. The SMILES string of the molecule is COCCNN1CCOCC1. The molecule has 1 saturated heterocycles. The quantitative estimate of drug-likeness (QED) is 0.561. The second-order valence-electron chi connectivity index (χ2n) is 2.50. The van der Waals surface area contributed by atoms with Crippen molar-refractivity contribution < 1.29 is 9.47 Å². The highest BCUT2D eigenvalue weighted by Gasteiger charge is 2.07. The number of ether oxygens (including phenoxy) is 2. The lowest BCUT2D eigenvalue weighted by Gasteiger charge is -2.26. The van der Waals surface area contributed by atoms with Crippen molar-refractivity contribution in [3.63, 3.8) is 0 Å². The van der Waals surface area contributed by atoms with E-state index in [0.717, 1.165) is 39.5 Å². The van der Waals surface area contributed by atoms with Gasteiger partial charge in [-0.15, -0.1) is 0 Å². The van der Waals surface area contributed by atoms with E-state index in [1.165, 1.54) is 0 Å². The number of hydrazine groups is 1. The maximum absolute atomic E-state index is 5.19. The van der Waals surface area contributed by atoms with Crippen LogP contribution in [0.4, 0.5) is 0 Å². The fourth-order valence-electron chi connectivity index (χ4n) is 1.03. The van der Waals surface area contributed by atoms with Gasteiger partial charge in [0.25, 0.3) is 0 Å². The minimum Gasteiger partial charge on any atom is -0.383 e. The summed E-state index contributed by atoms with van der Waals surface area (Å²) in [5.74, 6) is 0. The Morgan fingerprint density at radius 1 is 1.45 bits per heavy atom. The highest BCUT2D eigenvalue weighted by atomic mass is 16.5. The van der Waals surface area contributed by atoms with Crippen LogP contribution in [0.1, 0.15) is 0 Å². The lowest BCUT2D eigenvalue weighted by atomic mass is 10.5. The van der Waals surface area contributed by atoms with Gasteiger partial charge in [0, 0.05) is 26.7 Å². The van der Waals surface area contributed by atoms with Gasteiger partial charge < -0.3 is 9.47 Å². The summed E-state index contributed by atoms with van der Waals surface area (Å²) >= 11 is 0. The molecule has 4 heteroatoms. The molecule has 66 valence electrons. The number of hydrogen-bond donors (Lipinski definition) is 1. The summed E-state index contributed by atoms with van der Waals surface area (Å²) in [6.45, 7) is 5.27. The summed E-state index contributed by atoms with van der Waals surface area (Å²) in [7, 11) is 1.71. The van der Waals surface area contributed by atoms with Crippen LogP contribution >= 0.6 is 0 Å². The van der Waals surface area contributed by atoms with Crippen molar-refractivity contribution in [3.05, 3.63) is 0 Å².